The van der Waals surface area contributed by atoms with E-state index in [1.165, 1.54) is 15.3 Å². The first-order chi connectivity index (χ1) is 17.7. The number of halogens is 2. The number of allylic oxidation sites excluding steroid dienone is 4. The van der Waals surface area contributed by atoms with Gasteiger partial charge in [0.2, 0.25) is 10.0 Å². The minimum absolute atomic E-state index is 0.0545. The van der Waals surface area contributed by atoms with Crippen LogP contribution in [0.3, 0.4) is 0 Å². The van der Waals surface area contributed by atoms with Crippen LogP contribution in [0.1, 0.15) is 50.7 Å². The number of sulfonamides is 1. The summed E-state index contributed by atoms with van der Waals surface area (Å²) in [7, 11) is -3.86. The smallest absolute Gasteiger partial charge is 0.410 e. The standard InChI is InChI=1S/C27H34F2N2O5S/c1-4-6-7-20(5-2)25-9-8-19(3)31(37(25,33)34)18-21-16-24(29)22(17-23(21)28)27(10-13-35-14-11-27)30-12-15-36-26(30)32/h4-7,16-17,19,25H,2,8-15,18H2,1,3H3/b6-4-,20-7+/t19-,25+/m0/s1. The Morgan fingerprint density at radius 1 is 1.19 bits per heavy atom. The second-order valence-electron chi connectivity index (χ2n) is 9.74. The first kappa shape index (κ1) is 27.5. The number of nitrogens with zero attached hydrogens (tertiary/aromatic N) is 2. The van der Waals surface area contributed by atoms with E-state index >= 15 is 8.78 Å². The molecular formula is C27H34F2N2O5S. The Labute approximate surface area is 217 Å². The summed E-state index contributed by atoms with van der Waals surface area (Å²) >= 11 is 0. The van der Waals surface area contributed by atoms with Gasteiger partial charge in [0.1, 0.15) is 23.5 Å². The van der Waals surface area contributed by atoms with Crippen molar-refractivity contribution in [2.45, 2.75) is 62.9 Å². The molecule has 1 aromatic rings. The third kappa shape index (κ3) is 5.11. The molecule has 0 aromatic heterocycles. The highest BCUT2D eigenvalue weighted by molar-refractivity contribution is 7.90. The van der Waals surface area contributed by atoms with E-state index in [9.17, 15) is 13.2 Å². The average molecular weight is 537 g/mol. The molecule has 3 saturated heterocycles. The van der Waals surface area contributed by atoms with Crippen LogP contribution in [-0.2, 0) is 31.6 Å². The number of ether oxygens (including phenoxy) is 2. The van der Waals surface area contributed by atoms with Crippen LogP contribution in [-0.4, -0.2) is 61.4 Å². The van der Waals surface area contributed by atoms with Crippen LogP contribution in [0.15, 0.2) is 48.6 Å². The molecule has 0 unspecified atom stereocenters. The molecule has 3 aliphatic heterocycles. The number of hydrogen-bond acceptors (Lipinski definition) is 5. The van der Waals surface area contributed by atoms with E-state index in [0.29, 0.717) is 44.5 Å². The number of hydrogen-bond donors (Lipinski definition) is 0. The Morgan fingerprint density at radius 2 is 1.92 bits per heavy atom. The Bertz CT molecular complexity index is 1210. The molecule has 37 heavy (non-hydrogen) atoms. The summed E-state index contributed by atoms with van der Waals surface area (Å²) in [5.74, 6) is -1.40. The van der Waals surface area contributed by atoms with Crippen LogP contribution in [0, 0.1) is 11.6 Å². The summed E-state index contributed by atoms with van der Waals surface area (Å²) in [6, 6.07) is 1.80. The first-order valence-electron chi connectivity index (χ1n) is 12.6. The average Bonchev–Trinajstić information content (AvgIpc) is 3.31. The van der Waals surface area contributed by atoms with Gasteiger partial charge in [-0.15, -0.1) is 0 Å². The van der Waals surface area contributed by atoms with Gasteiger partial charge in [-0.3, -0.25) is 4.90 Å². The number of carbonyl (C=O) groups is 1. The van der Waals surface area contributed by atoms with E-state index in [1.807, 2.05) is 6.92 Å². The highest BCUT2D eigenvalue weighted by atomic mass is 32.2. The Morgan fingerprint density at radius 3 is 2.54 bits per heavy atom. The van der Waals surface area contributed by atoms with Crippen LogP contribution in [0.4, 0.5) is 13.6 Å². The van der Waals surface area contributed by atoms with Crippen molar-refractivity contribution in [2.24, 2.45) is 0 Å². The molecule has 7 nitrogen and oxygen atoms in total. The van der Waals surface area contributed by atoms with Gasteiger partial charge in [-0.1, -0.05) is 30.9 Å². The van der Waals surface area contributed by atoms with Gasteiger partial charge in [-0.25, -0.2) is 22.0 Å². The number of carbonyl (C=O) groups excluding carboxylic acids is 1. The molecule has 1 amide bonds. The largest absolute Gasteiger partial charge is 0.448 e. The van der Waals surface area contributed by atoms with Gasteiger partial charge in [0.25, 0.3) is 0 Å². The van der Waals surface area contributed by atoms with Crippen LogP contribution in [0.5, 0.6) is 0 Å². The molecule has 202 valence electrons. The van der Waals surface area contributed by atoms with Crippen molar-refractivity contribution in [3.63, 3.8) is 0 Å². The lowest BCUT2D eigenvalue weighted by Gasteiger charge is -2.43. The van der Waals surface area contributed by atoms with E-state index in [-0.39, 0.29) is 36.9 Å². The van der Waals surface area contributed by atoms with Crippen LogP contribution in [0.25, 0.3) is 0 Å². The monoisotopic (exact) mass is 536 g/mol. The van der Waals surface area contributed by atoms with E-state index in [2.05, 4.69) is 6.58 Å². The molecule has 10 heteroatoms. The fourth-order valence-corrected chi connectivity index (χ4v) is 7.81. The maximum atomic E-state index is 15.7. The molecule has 0 spiro atoms. The molecular weight excluding hydrogens is 502 g/mol. The molecule has 0 radical (unpaired) electrons. The molecule has 2 atom stereocenters. The van der Waals surface area contributed by atoms with E-state index in [1.54, 1.807) is 25.2 Å². The minimum Gasteiger partial charge on any atom is -0.448 e. The predicted octanol–water partition coefficient (Wildman–Crippen LogP) is 4.79. The topological polar surface area (TPSA) is 76.2 Å². The second-order valence-corrected chi connectivity index (χ2v) is 11.8. The summed E-state index contributed by atoms with van der Waals surface area (Å²) in [5.41, 5.74) is -0.509. The number of rotatable bonds is 7. The normalized spacial score (nSPS) is 26.4. The zero-order valence-electron chi connectivity index (χ0n) is 21.3. The molecule has 0 saturated carbocycles. The third-order valence-corrected chi connectivity index (χ3v) is 10.0. The Balaban J connectivity index is 1.68. The molecule has 3 fully saturated rings. The van der Waals surface area contributed by atoms with Crippen molar-refractivity contribution >= 4 is 16.1 Å². The lowest BCUT2D eigenvalue weighted by Crippen LogP contribution is -2.51. The van der Waals surface area contributed by atoms with Gasteiger partial charge in [-0.05, 0) is 57.2 Å². The number of benzene rings is 1. The highest BCUT2D eigenvalue weighted by Gasteiger charge is 2.48. The second kappa shape index (κ2) is 11.0. The number of cyclic esters (lactones) is 1. The summed E-state index contributed by atoms with van der Waals surface area (Å²) in [6.45, 7) is 8.13. The van der Waals surface area contributed by atoms with Gasteiger partial charge >= 0.3 is 6.09 Å². The molecule has 0 N–H and O–H groups in total. The SMILES string of the molecule is C=C/C(=C\C=C/C)[C@H]1CC[C@H](C)N(Cc2cc(F)c(C3(N4CCOC4=O)CCOCC3)cc2F)S1(=O)=O. The maximum Gasteiger partial charge on any atom is 0.410 e. The molecule has 0 bridgehead atoms. The van der Waals surface area contributed by atoms with Gasteiger partial charge in [0.05, 0.1) is 12.1 Å². The van der Waals surface area contributed by atoms with Gasteiger partial charge < -0.3 is 9.47 Å². The summed E-state index contributed by atoms with van der Waals surface area (Å²) in [5, 5.41) is -0.809. The third-order valence-electron chi connectivity index (χ3n) is 7.67. The number of amides is 1. The quantitative estimate of drug-likeness (QED) is 0.469. The van der Waals surface area contributed by atoms with Gasteiger partial charge in [-0.2, -0.15) is 4.31 Å². The fraction of sp³-hybridized carbons (Fsp3) is 0.519. The molecule has 3 aliphatic rings. The summed E-state index contributed by atoms with van der Waals surface area (Å²) < 4.78 is 70.3. The highest BCUT2D eigenvalue weighted by Crippen LogP contribution is 2.42. The van der Waals surface area contributed by atoms with Crippen molar-refractivity contribution in [1.82, 2.24) is 9.21 Å². The van der Waals surface area contributed by atoms with Crippen LogP contribution in [0.2, 0.25) is 0 Å². The van der Waals surface area contributed by atoms with Crippen LogP contribution < -0.4 is 0 Å². The van der Waals surface area contributed by atoms with Crippen molar-refractivity contribution < 1.29 is 31.5 Å². The minimum atomic E-state index is -3.86. The first-order valence-corrected chi connectivity index (χ1v) is 14.1. The summed E-state index contributed by atoms with van der Waals surface area (Å²) in [4.78, 5) is 13.9. The Hall–Kier alpha value is -2.56. The van der Waals surface area contributed by atoms with Crippen LogP contribution >= 0.6 is 0 Å². The van der Waals surface area contributed by atoms with Crippen molar-refractivity contribution in [2.75, 3.05) is 26.4 Å². The molecule has 3 heterocycles. The molecule has 4 rings (SSSR count). The van der Waals surface area contributed by atoms with Crippen molar-refractivity contribution in [3.05, 3.63) is 71.4 Å². The summed E-state index contributed by atoms with van der Waals surface area (Å²) in [6.07, 6.45) is 7.84. The van der Waals surface area contributed by atoms with Crippen molar-refractivity contribution in [1.29, 1.82) is 0 Å². The van der Waals surface area contributed by atoms with Crippen molar-refractivity contribution in [3.8, 4) is 0 Å². The Kier molecular flexibility index (Phi) is 8.20. The lowest BCUT2D eigenvalue weighted by molar-refractivity contribution is -0.0108. The molecule has 0 aliphatic carbocycles. The van der Waals surface area contributed by atoms with E-state index in [4.69, 9.17) is 9.47 Å². The zero-order valence-corrected chi connectivity index (χ0v) is 22.1. The molecule has 1 aromatic carbocycles. The predicted molar refractivity (Wildman–Crippen MR) is 136 cm³/mol. The zero-order chi connectivity index (χ0) is 26.8. The maximum absolute atomic E-state index is 15.7. The fourth-order valence-electron chi connectivity index (χ4n) is 5.61. The lowest BCUT2D eigenvalue weighted by atomic mass is 9.80. The van der Waals surface area contributed by atoms with E-state index in [0.717, 1.165) is 12.1 Å². The van der Waals surface area contributed by atoms with Gasteiger partial charge in [0.15, 0.2) is 0 Å². The van der Waals surface area contributed by atoms with E-state index < -0.39 is 38.5 Å². The van der Waals surface area contributed by atoms with Gasteiger partial charge in [0, 0.05) is 36.9 Å².